The zero-order valence-corrected chi connectivity index (χ0v) is 15.8. The Morgan fingerprint density at radius 3 is 2.61 bits per heavy atom. The Labute approximate surface area is 147 Å². The van der Waals surface area contributed by atoms with Crippen LogP contribution in [-0.2, 0) is 4.74 Å². The van der Waals surface area contributed by atoms with Gasteiger partial charge < -0.3 is 20.3 Å². The molecule has 1 aromatic heterocycles. The van der Waals surface area contributed by atoms with Crippen LogP contribution in [0.25, 0.3) is 0 Å². The molecule has 1 aliphatic heterocycles. The van der Waals surface area contributed by atoms with E-state index in [1.807, 2.05) is 13.8 Å². The fraction of sp³-hybridized carbons (Fsp3) is 0.625. The molecule has 0 atom stereocenters. The molecule has 2 N–H and O–H groups in total. The number of anilines is 1. The van der Waals surface area contributed by atoms with Crippen LogP contribution in [0, 0.1) is 13.8 Å². The number of carbonyl (C=O) groups excluding carboxylic acids is 1. The number of nitrogens with zero attached hydrogens (tertiary/aromatic N) is 1. The maximum absolute atomic E-state index is 12.0. The fourth-order valence-corrected chi connectivity index (χ4v) is 4.17. The van der Waals surface area contributed by atoms with Crippen LogP contribution in [0.2, 0.25) is 0 Å². The van der Waals surface area contributed by atoms with Gasteiger partial charge in [0, 0.05) is 24.0 Å². The molecule has 0 saturated carbocycles. The summed E-state index contributed by atoms with van der Waals surface area (Å²) >= 11 is 6.96. The van der Waals surface area contributed by atoms with Crippen molar-refractivity contribution < 1.29 is 9.53 Å². The highest BCUT2D eigenvalue weighted by Gasteiger charge is 2.22. The summed E-state index contributed by atoms with van der Waals surface area (Å²) in [5, 5.41) is 7.89. The minimum atomic E-state index is -0.326. The predicted molar refractivity (Wildman–Crippen MR) is 99.6 cm³/mol. The van der Waals surface area contributed by atoms with Crippen LogP contribution in [0.3, 0.4) is 0 Å². The molecule has 23 heavy (non-hydrogen) atoms. The monoisotopic (exact) mass is 355 g/mol. The van der Waals surface area contributed by atoms with E-state index in [9.17, 15) is 4.79 Å². The number of piperidine rings is 1. The average Bonchev–Trinajstić information content (AvgIpc) is 2.81. The molecule has 1 saturated heterocycles. The van der Waals surface area contributed by atoms with Crippen LogP contribution in [0.5, 0.6) is 0 Å². The summed E-state index contributed by atoms with van der Waals surface area (Å²) in [5.41, 5.74) is 1.53. The lowest BCUT2D eigenvalue weighted by molar-refractivity contribution is 0.0601. The van der Waals surface area contributed by atoms with E-state index < -0.39 is 0 Å². The largest absolute Gasteiger partial charge is 0.465 e. The van der Waals surface area contributed by atoms with Gasteiger partial charge in [-0.3, -0.25) is 0 Å². The number of esters is 1. The lowest BCUT2D eigenvalue weighted by atomic mass is 10.1. The van der Waals surface area contributed by atoms with Gasteiger partial charge in [0.05, 0.1) is 12.7 Å². The Morgan fingerprint density at radius 1 is 1.39 bits per heavy atom. The molecule has 0 amide bonds. The number of methoxy groups -OCH3 is 1. The normalized spacial score (nSPS) is 16.2. The number of thiophene rings is 1. The van der Waals surface area contributed by atoms with E-state index in [1.54, 1.807) is 0 Å². The van der Waals surface area contributed by atoms with Gasteiger partial charge in [0.25, 0.3) is 0 Å². The molecule has 0 bridgehead atoms. The van der Waals surface area contributed by atoms with Crippen LogP contribution in [0.4, 0.5) is 5.00 Å². The molecule has 1 fully saturated rings. The SMILES string of the molecule is CCN1CCC(NC(=S)Nc2sc(C)c(C)c2C(=O)OC)CC1. The second kappa shape index (κ2) is 8.08. The van der Waals surface area contributed by atoms with E-state index in [0.717, 1.165) is 47.9 Å². The van der Waals surface area contributed by atoms with Crippen molar-refractivity contribution in [2.24, 2.45) is 0 Å². The number of thiocarbonyl (C=S) groups is 1. The van der Waals surface area contributed by atoms with Crippen molar-refractivity contribution in [3.8, 4) is 0 Å². The van der Waals surface area contributed by atoms with E-state index in [4.69, 9.17) is 17.0 Å². The summed E-state index contributed by atoms with van der Waals surface area (Å²) in [4.78, 5) is 15.5. The third kappa shape index (κ3) is 4.43. The number of nitrogens with one attached hydrogen (secondary N) is 2. The van der Waals surface area contributed by atoms with Crippen molar-refractivity contribution >= 4 is 39.6 Å². The smallest absolute Gasteiger partial charge is 0.341 e. The summed E-state index contributed by atoms with van der Waals surface area (Å²) in [6.45, 7) is 9.42. The third-order valence-electron chi connectivity index (χ3n) is 4.37. The fourth-order valence-electron chi connectivity index (χ4n) is 2.78. The van der Waals surface area contributed by atoms with Gasteiger partial charge in [0.1, 0.15) is 5.00 Å². The van der Waals surface area contributed by atoms with Crippen molar-refractivity contribution in [3.05, 3.63) is 16.0 Å². The molecule has 2 rings (SSSR count). The first kappa shape index (κ1) is 18.2. The van der Waals surface area contributed by atoms with E-state index in [1.165, 1.54) is 18.4 Å². The van der Waals surface area contributed by atoms with Crippen molar-refractivity contribution in [2.45, 2.75) is 39.7 Å². The Kier molecular flexibility index (Phi) is 6.38. The van der Waals surface area contributed by atoms with Crippen LogP contribution >= 0.6 is 23.6 Å². The Balaban J connectivity index is 1.98. The molecule has 5 nitrogen and oxygen atoms in total. The Morgan fingerprint density at radius 2 is 2.04 bits per heavy atom. The number of carbonyl (C=O) groups is 1. The Bertz CT molecular complexity index is 578. The molecule has 1 aromatic rings. The summed E-state index contributed by atoms with van der Waals surface area (Å²) in [6.07, 6.45) is 2.17. The van der Waals surface area contributed by atoms with Crippen LogP contribution in [0.1, 0.15) is 40.6 Å². The number of ether oxygens (including phenoxy) is 1. The molecule has 7 heteroatoms. The molecule has 0 radical (unpaired) electrons. The Hall–Kier alpha value is -1.18. The highest BCUT2D eigenvalue weighted by Crippen LogP contribution is 2.32. The number of likely N-dealkylation sites (tertiary alicyclic amines) is 1. The van der Waals surface area contributed by atoms with Gasteiger partial charge in [-0.05, 0) is 51.0 Å². The van der Waals surface area contributed by atoms with Crippen molar-refractivity contribution in [3.63, 3.8) is 0 Å². The van der Waals surface area contributed by atoms with E-state index in [2.05, 4.69) is 22.5 Å². The van der Waals surface area contributed by atoms with E-state index in [-0.39, 0.29) is 5.97 Å². The third-order valence-corrected chi connectivity index (χ3v) is 5.71. The van der Waals surface area contributed by atoms with Crippen molar-refractivity contribution in [2.75, 3.05) is 32.1 Å². The molecule has 0 spiro atoms. The number of hydrogen-bond acceptors (Lipinski definition) is 5. The number of hydrogen-bond donors (Lipinski definition) is 2. The van der Waals surface area contributed by atoms with E-state index in [0.29, 0.717) is 16.7 Å². The molecular formula is C16H25N3O2S2. The molecule has 1 aliphatic rings. The first-order valence-corrected chi connectivity index (χ1v) is 9.16. The minimum absolute atomic E-state index is 0.326. The highest BCUT2D eigenvalue weighted by molar-refractivity contribution is 7.80. The lowest BCUT2D eigenvalue weighted by Gasteiger charge is -2.32. The average molecular weight is 356 g/mol. The van der Waals surface area contributed by atoms with Gasteiger partial charge in [-0.15, -0.1) is 11.3 Å². The lowest BCUT2D eigenvalue weighted by Crippen LogP contribution is -2.45. The highest BCUT2D eigenvalue weighted by atomic mass is 32.1. The summed E-state index contributed by atoms with van der Waals surface area (Å²) in [5.74, 6) is -0.326. The summed E-state index contributed by atoms with van der Waals surface area (Å²) < 4.78 is 4.89. The summed E-state index contributed by atoms with van der Waals surface area (Å²) in [7, 11) is 1.40. The molecule has 2 heterocycles. The van der Waals surface area contributed by atoms with Gasteiger partial charge in [-0.2, -0.15) is 0 Å². The quantitative estimate of drug-likeness (QED) is 0.640. The maximum atomic E-state index is 12.0. The standard InChI is InChI=1S/C16H25N3O2S2/c1-5-19-8-6-12(7-9-19)17-16(22)18-14-13(15(20)21-4)10(2)11(3)23-14/h12H,5-9H2,1-4H3,(H2,17,18,22). The van der Waals surface area contributed by atoms with E-state index >= 15 is 0 Å². The van der Waals surface area contributed by atoms with Crippen LogP contribution in [-0.4, -0.2) is 48.8 Å². The molecular weight excluding hydrogens is 330 g/mol. The maximum Gasteiger partial charge on any atom is 0.341 e. The van der Waals surface area contributed by atoms with Gasteiger partial charge >= 0.3 is 5.97 Å². The first-order chi connectivity index (χ1) is 11.0. The second-order valence-electron chi connectivity index (χ2n) is 5.79. The minimum Gasteiger partial charge on any atom is -0.465 e. The zero-order valence-electron chi connectivity index (χ0n) is 14.2. The van der Waals surface area contributed by atoms with Crippen LogP contribution < -0.4 is 10.6 Å². The second-order valence-corrected chi connectivity index (χ2v) is 7.42. The van der Waals surface area contributed by atoms with Crippen molar-refractivity contribution in [1.82, 2.24) is 10.2 Å². The number of aryl methyl sites for hydroxylation is 1. The predicted octanol–water partition coefficient (Wildman–Crippen LogP) is 2.92. The first-order valence-electron chi connectivity index (χ1n) is 7.94. The topological polar surface area (TPSA) is 53.6 Å². The molecule has 128 valence electrons. The molecule has 0 unspecified atom stereocenters. The zero-order chi connectivity index (χ0) is 17.0. The van der Waals surface area contributed by atoms with Gasteiger partial charge in [0.15, 0.2) is 5.11 Å². The van der Waals surface area contributed by atoms with Crippen molar-refractivity contribution in [1.29, 1.82) is 0 Å². The number of rotatable bonds is 4. The van der Waals surface area contributed by atoms with Gasteiger partial charge in [0.2, 0.25) is 0 Å². The molecule has 0 aromatic carbocycles. The van der Waals surface area contributed by atoms with Gasteiger partial charge in [-0.25, -0.2) is 4.79 Å². The van der Waals surface area contributed by atoms with Gasteiger partial charge in [-0.1, -0.05) is 6.92 Å². The van der Waals surface area contributed by atoms with Crippen LogP contribution in [0.15, 0.2) is 0 Å². The molecule has 0 aliphatic carbocycles. The summed E-state index contributed by atoms with van der Waals surface area (Å²) in [6, 6.07) is 0.390.